The van der Waals surface area contributed by atoms with E-state index in [1.165, 1.54) is 0 Å². The summed E-state index contributed by atoms with van der Waals surface area (Å²) in [6.07, 6.45) is 0.450. The van der Waals surface area contributed by atoms with E-state index >= 15 is 0 Å². The lowest BCUT2D eigenvalue weighted by Gasteiger charge is -2.24. The maximum absolute atomic E-state index is 12.4. The van der Waals surface area contributed by atoms with Crippen molar-refractivity contribution in [1.82, 2.24) is 4.90 Å². The second-order valence-corrected chi connectivity index (χ2v) is 5.38. The Bertz CT molecular complexity index is 501. The van der Waals surface area contributed by atoms with Crippen molar-refractivity contribution in [3.8, 4) is 5.75 Å². The van der Waals surface area contributed by atoms with E-state index in [1.54, 1.807) is 29.2 Å². The molecule has 116 valence electrons. The molecule has 1 aromatic rings. The first-order valence-electron chi connectivity index (χ1n) is 6.95. The number of phenolic OH excluding ortho intramolecular Hbond substituents is 1. The van der Waals surface area contributed by atoms with E-state index in [1.807, 2.05) is 13.8 Å². The molecule has 1 rings (SSSR count). The minimum atomic E-state index is -0.0871. The van der Waals surface area contributed by atoms with Gasteiger partial charge in [0, 0.05) is 25.1 Å². The van der Waals surface area contributed by atoms with E-state index in [2.05, 4.69) is 5.16 Å². The molecule has 0 aliphatic heterocycles. The predicted octanol–water partition coefficient (Wildman–Crippen LogP) is 1.56. The van der Waals surface area contributed by atoms with Crippen molar-refractivity contribution in [1.29, 1.82) is 0 Å². The quantitative estimate of drug-likeness (QED) is 0.307. The monoisotopic (exact) mass is 293 g/mol. The Balaban J connectivity index is 2.73. The molecule has 1 amide bonds. The van der Waals surface area contributed by atoms with Gasteiger partial charge in [0.1, 0.15) is 11.6 Å². The van der Waals surface area contributed by atoms with Crippen molar-refractivity contribution in [3.63, 3.8) is 0 Å². The number of benzene rings is 1. The normalized spacial score (nSPS) is 11.7. The molecular weight excluding hydrogens is 270 g/mol. The second-order valence-electron chi connectivity index (χ2n) is 5.38. The highest BCUT2D eigenvalue weighted by molar-refractivity contribution is 5.82. The molecule has 21 heavy (non-hydrogen) atoms. The number of nitrogens with zero attached hydrogens (tertiary/aromatic N) is 2. The number of hydrogen-bond acceptors (Lipinski definition) is 4. The van der Waals surface area contributed by atoms with Crippen LogP contribution in [0.5, 0.6) is 5.75 Å². The number of nitrogens with two attached hydrogens (primary N) is 1. The van der Waals surface area contributed by atoms with Crippen LogP contribution in [0.1, 0.15) is 25.8 Å². The van der Waals surface area contributed by atoms with Gasteiger partial charge in [-0.15, -0.1) is 0 Å². The average Bonchev–Trinajstić information content (AvgIpc) is 2.45. The van der Waals surface area contributed by atoms with E-state index in [0.29, 0.717) is 31.0 Å². The Hall–Kier alpha value is -2.24. The Morgan fingerprint density at radius 1 is 1.38 bits per heavy atom. The van der Waals surface area contributed by atoms with Gasteiger partial charge in [-0.25, -0.2) is 0 Å². The van der Waals surface area contributed by atoms with Gasteiger partial charge < -0.3 is 20.9 Å². The fourth-order valence-corrected chi connectivity index (χ4v) is 1.99. The zero-order chi connectivity index (χ0) is 15.8. The SMILES string of the molecule is CC(C)CN(CC/C(N)=N/O)C(=O)Cc1ccccc1O. The summed E-state index contributed by atoms with van der Waals surface area (Å²) < 4.78 is 0. The molecule has 0 saturated carbocycles. The van der Waals surface area contributed by atoms with Crippen LogP contribution < -0.4 is 5.73 Å². The molecule has 0 atom stereocenters. The van der Waals surface area contributed by atoms with Gasteiger partial charge in [-0.2, -0.15) is 0 Å². The number of carbonyl (C=O) groups is 1. The maximum atomic E-state index is 12.4. The summed E-state index contributed by atoms with van der Waals surface area (Å²) in [4.78, 5) is 14.0. The number of carbonyl (C=O) groups excluding carboxylic acids is 1. The third-order valence-electron chi connectivity index (χ3n) is 3.04. The van der Waals surface area contributed by atoms with E-state index in [9.17, 15) is 9.90 Å². The van der Waals surface area contributed by atoms with Gasteiger partial charge in [0.05, 0.1) is 6.42 Å². The van der Waals surface area contributed by atoms with Crippen molar-refractivity contribution in [2.75, 3.05) is 13.1 Å². The van der Waals surface area contributed by atoms with Crippen molar-refractivity contribution < 1.29 is 15.1 Å². The number of oxime groups is 1. The number of phenols is 1. The molecule has 0 spiro atoms. The van der Waals surface area contributed by atoms with Crippen LogP contribution in [0, 0.1) is 5.92 Å². The molecule has 6 nitrogen and oxygen atoms in total. The summed E-state index contributed by atoms with van der Waals surface area (Å²) >= 11 is 0. The Morgan fingerprint density at radius 3 is 2.62 bits per heavy atom. The van der Waals surface area contributed by atoms with Gasteiger partial charge >= 0.3 is 0 Å². The Kier molecular flexibility index (Phi) is 6.52. The molecular formula is C15H23N3O3. The van der Waals surface area contributed by atoms with E-state index in [-0.39, 0.29) is 23.9 Å². The highest BCUT2D eigenvalue weighted by Crippen LogP contribution is 2.17. The van der Waals surface area contributed by atoms with Gasteiger partial charge in [0.25, 0.3) is 0 Å². The van der Waals surface area contributed by atoms with E-state index in [0.717, 1.165) is 0 Å². The molecule has 0 bridgehead atoms. The summed E-state index contributed by atoms with van der Waals surface area (Å²) in [5.74, 6) is 0.437. The van der Waals surface area contributed by atoms with Crippen LogP contribution in [0.4, 0.5) is 0 Å². The van der Waals surface area contributed by atoms with Crippen molar-refractivity contribution in [2.45, 2.75) is 26.7 Å². The molecule has 0 aliphatic carbocycles. The largest absolute Gasteiger partial charge is 0.508 e. The van der Waals surface area contributed by atoms with E-state index in [4.69, 9.17) is 10.9 Å². The Morgan fingerprint density at radius 2 is 2.05 bits per heavy atom. The number of amides is 1. The van der Waals surface area contributed by atoms with Gasteiger partial charge in [0.15, 0.2) is 0 Å². The number of rotatable bonds is 7. The molecule has 0 radical (unpaired) electrons. The first-order valence-corrected chi connectivity index (χ1v) is 6.95. The lowest BCUT2D eigenvalue weighted by Crippen LogP contribution is -2.37. The summed E-state index contributed by atoms with van der Waals surface area (Å²) in [6, 6.07) is 6.79. The molecule has 0 saturated heterocycles. The fourth-order valence-electron chi connectivity index (χ4n) is 1.99. The molecule has 0 fully saturated rings. The second kappa shape index (κ2) is 8.14. The highest BCUT2D eigenvalue weighted by Gasteiger charge is 2.17. The maximum Gasteiger partial charge on any atom is 0.227 e. The number of para-hydroxylation sites is 1. The molecule has 0 aromatic heterocycles. The minimum absolute atomic E-state index is 0.0871. The van der Waals surface area contributed by atoms with Gasteiger partial charge in [-0.05, 0) is 12.0 Å². The standard InChI is InChI=1S/C15H23N3O3/c1-11(2)10-18(8-7-14(16)17-21)15(20)9-12-5-3-4-6-13(12)19/h3-6,11,19,21H,7-10H2,1-2H3,(H2,16,17). The third kappa shape index (κ3) is 5.72. The summed E-state index contributed by atoms with van der Waals surface area (Å²) in [7, 11) is 0. The average molecular weight is 293 g/mol. The van der Waals surface area contributed by atoms with Crippen LogP contribution in [-0.4, -0.2) is 40.0 Å². The van der Waals surface area contributed by atoms with Crippen molar-refractivity contribution in [3.05, 3.63) is 29.8 Å². The smallest absolute Gasteiger partial charge is 0.227 e. The molecule has 6 heteroatoms. The van der Waals surface area contributed by atoms with E-state index < -0.39 is 0 Å². The molecule has 0 aliphatic rings. The highest BCUT2D eigenvalue weighted by atomic mass is 16.4. The lowest BCUT2D eigenvalue weighted by molar-refractivity contribution is -0.130. The van der Waals surface area contributed by atoms with Crippen LogP contribution in [0.15, 0.2) is 29.4 Å². The van der Waals surface area contributed by atoms with Crippen LogP contribution in [0.3, 0.4) is 0 Å². The topological polar surface area (TPSA) is 99.1 Å². The molecule has 0 unspecified atom stereocenters. The minimum Gasteiger partial charge on any atom is -0.508 e. The first kappa shape index (κ1) is 16.8. The van der Waals surface area contributed by atoms with Crippen molar-refractivity contribution >= 4 is 11.7 Å². The fraction of sp³-hybridized carbons (Fsp3) is 0.467. The van der Waals surface area contributed by atoms with Crippen LogP contribution >= 0.6 is 0 Å². The molecule has 1 aromatic carbocycles. The van der Waals surface area contributed by atoms with Crippen LogP contribution in [-0.2, 0) is 11.2 Å². The summed E-state index contributed by atoms with van der Waals surface area (Å²) in [5.41, 5.74) is 6.05. The zero-order valence-electron chi connectivity index (χ0n) is 12.5. The van der Waals surface area contributed by atoms with Crippen molar-refractivity contribution in [2.24, 2.45) is 16.8 Å². The Labute approximate surface area is 124 Å². The number of aromatic hydroxyl groups is 1. The summed E-state index contributed by atoms with van der Waals surface area (Å²) in [5, 5.41) is 21.2. The molecule has 4 N–H and O–H groups in total. The molecule has 0 heterocycles. The third-order valence-corrected chi connectivity index (χ3v) is 3.04. The van der Waals surface area contributed by atoms with Crippen LogP contribution in [0.25, 0.3) is 0 Å². The van der Waals surface area contributed by atoms with Gasteiger partial charge in [-0.3, -0.25) is 4.79 Å². The summed E-state index contributed by atoms with van der Waals surface area (Å²) in [6.45, 7) is 5.01. The number of amidine groups is 1. The zero-order valence-corrected chi connectivity index (χ0v) is 12.5. The predicted molar refractivity (Wildman–Crippen MR) is 81.3 cm³/mol. The van der Waals surface area contributed by atoms with Gasteiger partial charge in [-0.1, -0.05) is 37.2 Å². The van der Waals surface area contributed by atoms with Gasteiger partial charge in [0.2, 0.25) is 5.91 Å². The lowest BCUT2D eigenvalue weighted by atomic mass is 10.1. The van der Waals surface area contributed by atoms with Crippen LogP contribution in [0.2, 0.25) is 0 Å². The number of hydrogen-bond donors (Lipinski definition) is 3. The first-order chi connectivity index (χ1) is 9.93.